The first-order valence-electron chi connectivity index (χ1n) is 6.17. The van der Waals surface area contributed by atoms with E-state index in [9.17, 15) is 8.42 Å². The molecule has 0 amide bonds. The number of sulfone groups is 1. The maximum absolute atomic E-state index is 11.3. The van der Waals surface area contributed by atoms with Crippen molar-refractivity contribution < 1.29 is 23.0 Å². The van der Waals surface area contributed by atoms with Crippen LogP contribution in [-0.2, 0) is 19.3 Å². The summed E-state index contributed by atoms with van der Waals surface area (Å²) in [6, 6.07) is 0. The number of hydrogen-bond donors (Lipinski definition) is 1. The molecule has 0 spiro atoms. The monoisotopic (exact) mass is 264 g/mol. The van der Waals surface area contributed by atoms with Crippen LogP contribution in [0.1, 0.15) is 25.7 Å². The summed E-state index contributed by atoms with van der Waals surface area (Å²) >= 11 is 0. The Hall–Kier alpha value is -0.170. The molecule has 0 aromatic rings. The van der Waals surface area contributed by atoms with E-state index in [2.05, 4.69) is 0 Å². The molecule has 100 valence electrons. The van der Waals surface area contributed by atoms with Gasteiger partial charge in [-0.15, -0.1) is 0 Å². The second-order valence-electron chi connectivity index (χ2n) is 4.86. The summed E-state index contributed by atoms with van der Waals surface area (Å²) in [5.74, 6) is 0.978. The van der Waals surface area contributed by atoms with Crippen LogP contribution in [0.25, 0.3) is 0 Å². The molecular formula is C11H20O5S. The van der Waals surface area contributed by atoms with E-state index in [4.69, 9.17) is 14.6 Å². The Morgan fingerprint density at radius 2 is 1.94 bits per heavy atom. The molecule has 2 aliphatic heterocycles. The van der Waals surface area contributed by atoms with Crippen LogP contribution in [0.5, 0.6) is 0 Å². The van der Waals surface area contributed by atoms with E-state index in [-0.39, 0.29) is 19.0 Å². The normalized spacial score (nSPS) is 33.9. The Morgan fingerprint density at radius 3 is 2.59 bits per heavy atom. The van der Waals surface area contributed by atoms with E-state index in [1.54, 1.807) is 0 Å². The molecule has 1 N–H and O–H groups in total. The molecule has 2 saturated heterocycles. The van der Waals surface area contributed by atoms with E-state index >= 15 is 0 Å². The van der Waals surface area contributed by atoms with E-state index in [0.717, 1.165) is 19.3 Å². The second-order valence-corrected chi connectivity index (χ2v) is 7.17. The van der Waals surface area contributed by atoms with Gasteiger partial charge in [-0.2, -0.15) is 0 Å². The minimum atomic E-state index is -2.78. The van der Waals surface area contributed by atoms with E-state index in [1.165, 1.54) is 0 Å². The van der Waals surface area contributed by atoms with Crippen molar-refractivity contribution in [2.75, 3.05) is 24.7 Å². The molecule has 2 unspecified atom stereocenters. The first-order chi connectivity index (χ1) is 8.09. The number of aliphatic hydroxyl groups is 1. The Balaban J connectivity index is 1.72. The lowest BCUT2D eigenvalue weighted by atomic mass is 9.99. The molecule has 0 aliphatic carbocycles. The maximum Gasteiger partial charge on any atom is 0.158 e. The van der Waals surface area contributed by atoms with Gasteiger partial charge in [0.1, 0.15) is 9.84 Å². The van der Waals surface area contributed by atoms with E-state index in [0.29, 0.717) is 30.5 Å². The van der Waals surface area contributed by atoms with Gasteiger partial charge in [-0.05, 0) is 25.2 Å². The molecule has 2 heterocycles. The molecular weight excluding hydrogens is 244 g/mol. The van der Waals surface area contributed by atoms with Crippen LogP contribution in [0.15, 0.2) is 0 Å². The second kappa shape index (κ2) is 5.65. The summed E-state index contributed by atoms with van der Waals surface area (Å²) in [5, 5.41) is 8.79. The fourth-order valence-corrected chi connectivity index (χ4v) is 3.96. The fraction of sp³-hybridized carbons (Fsp3) is 1.00. The molecule has 2 aliphatic rings. The SMILES string of the molecule is O=S1(=O)CCC(CC2OCC(CCO)O2)CC1. The van der Waals surface area contributed by atoms with Crippen molar-refractivity contribution in [3.05, 3.63) is 0 Å². The van der Waals surface area contributed by atoms with Crippen molar-refractivity contribution >= 4 is 9.84 Å². The van der Waals surface area contributed by atoms with Gasteiger partial charge in [0.25, 0.3) is 0 Å². The third-order valence-corrected chi connectivity index (χ3v) is 5.18. The summed E-state index contributed by atoms with van der Waals surface area (Å²) in [5.41, 5.74) is 0. The highest BCUT2D eigenvalue weighted by molar-refractivity contribution is 7.91. The standard InChI is InChI=1S/C11H20O5S/c12-4-1-10-8-15-11(16-10)7-9-2-5-17(13,14)6-3-9/h9-12H,1-8H2. The lowest BCUT2D eigenvalue weighted by molar-refractivity contribution is -0.0742. The third kappa shape index (κ3) is 3.91. The van der Waals surface area contributed by atoms with Gasteiger partial charge in [0.15, 0.2) is 6.29 Å². The molecule has 5 nitrogen and oxygen atoms in total. The molecule has 0 radical (unpaired) electrons. The zero-order chi connectivity index (χ0) is 12.3. The van der Waals surface area contributed by atoms with Crippen LogP contribution in [0.4, 0.5) is 0 Å². The molecule has 6 heteroatoms. The highest BCUT2D eigenvalue weighted by atomic mass is 32.2. The highest BCUT2D eigenvalue weighted by Gasteiger charge is 2.31. The first kappa shape index (κ1) is 13.3. The van der Waals surface area contributed by atoms with Crippen molar-refractivity contribution in [2.45, 2.75) is 38.1 Å². The smallest absolute Gasteiger partial charge is 0.158 e. The predicted octanol–water partition coefficient (Wildman–Crippen LogP) is 0.325. The van der Waals surface area contributed by atoms with E-state index in [1.807, 2.05) is 0 Å². The Labute approximate surface area is 102 Å². The number of ether oxygens (including phenoxy) is 2. The third-order valence-electron chi connectivity index (χ3n) is 3.46. The number of rotatable bonds is 4. The molecule has 2 rings (SSSR count). The minimum absolute atomic E-state index is 0.00248. The van der Waals surface area contributed by atoms with Gasteiger partial charge in [0, 0.05) is 13.0 Å². The van der Waals surface area contributed by atoms with Gasteiger partial charge in [0.05, 0.1) is 24.2 Å². The quantitative estimate of drug-likeness (QED) is 0.792. The summed E-state index contributed by atoms with van der Waals surface area (Å²) < 4.78 is 33.7. The van der Waals surface area contributed by atoms with Gasteiger partial charge in [-0.25, -0.2) is 8.42 Å². The molecule has 0 saturated carbocycles. The Morgan fingerprint density at radius 1 is 1.24 bits per heavy atom. The summed E-state index contributed by atoms with van der Waals surface area (Å²) in [4.78, 5) is 0. The van der Waals surface area contributed by atoms with Crippen molar-refractivity contribution in [1.82, 2.24) is 0 Å². The number of aliphatic hydroxyl groups excluding tert-OH is 1. The van der Waals surface area contributed by atoms with Crippen molar-refractivity contribution in [3.63, 3.8) is 0 Å². The zero-order valence-electron chi connectivity index (χ0n) is 9.88. The van der Waals surface area contributed by atoms with Crippen LogP contribution < -0.4 is 0 Å². The summed E-state index contributed by atoms with van der Waals surface area (Å²) in [7, 11) is -2.78. The van der Waals surface area contributed by atoms with Gasteiger partial charge >= 0.3 is 0 Å². The molecule has 0 aromatic heterocycles. The van der Waals surface area contributed by atoms with Gasteiger partial charge in [0.2, 0.25) is 0 Å². The van der Waals surface area contributed by atoms with Gasteiger partial charge in [-0.1, -0.05) is 0 Å². The Kier molecular flexibility index (Phi) is 4.41. The Bertz CT molecular complexity index is 326. The molecule has 2 fully saturated rings. The number of hydrogen-bond acceptors (Lipinski definition) is 5. The first-order valence-corrected chi connectivity index (χ1v) is 7.99. The molecule has 0 aromatic carbocycles. The average Bonchev–Trinajstić information content (AvgIpc) is 2.70. The average molecular weight is 264 g/mol. The predicted molar refractivity (Wildman–Crippen MR) is 62.3 cm³/mol. The minimum Gasteiger partial charge on any atom is -0.396 e. The van der Waals surface area contributed by atoms with Crippen LogP contribution in [-0.4, -0.2) is 50.6 Å². The van der Waals surface area contributed by atoms with E-state index < -0.39 is 9.84 Å². The van der Waals surface area contributed by atoms with Gasteiger partial charge < -0.3 is 14.6 Å². The zero-order valence-corrected chi connectivity index (χ0v) is 10.7. The maximum atomic E-state index is 11.3. The van der Waals surface area contributed by atoms with Crippen molar-refractivity contribution in [2.24, 2.45) is 5.92 Å². The summed E-state index contributed by atoms with van der Waals surface area (Å²) in [6.45, 7) is 0.651. The van der Waals surface area contributed by atoms with Crippen LogP contribution in [0.2, 0.25) is 0 Å². The lowest BCUT2D eigenvalue weighted by Crippen LogP contribution is -2.26. The van der Waals surface area contributed by atoms with Crippen LogP contribution in [0.3, 0.4) is 0 Å². The summed E-state index contributed by atoms with van der Waals surface area (Å²) in [6.07, 6.45) is 2.61. The van der Waals surface area contributed by atoms with Crippen molar-refractivity contribution in [3.8, 4) is 0 Å². The van der Waals surface area contributed by atoms with Crippen molar-refractivity contribution in [1.29, 1.82) is 0 Å². The highest BCUT2D eigenvalue weighted by Crippen LogP contribution is 2.27. The molecule has 0 bridgehead atoms. The van der Waals surface area contributed by atoms with Crippen LogP contribution in [0, 0.1) is 5.92 Å². The van der Waals surface area contributed by atoms with Crippen LogP contribution >= 0.6 is 0 Å². The molecule has 17 heavy (non-hydrogen) atoms. The van der Waals surface area contributed by atoms with Gasteiger partial charge in [-0.3, -0.25) is 0 Å². The fourth-order valence-electron chi connectivity index (χ4n) is 2.37. The topological polar surface area (TPSA) is 72.8 Å². The lowest BCUT2D eigenvalue weighted by Gasteiger charge is -2.23. The molecule has 2 atom stereocenters. The largest absolute Gasteiger partial charge is 0.396 e.